The molecule has 0 aromatic carbocycles. The molecule has 0 spiro atoms. The van der Waals surface area contributed by atoms with Crippen LogP contribution >= 0.6 is 0 Å². The second kappa shape index (κ2) is 3.38. The average Bonchev–Trinajstić information content (AvgIpc) is 2.63. The van der Waals surface area contributed by atoms with Gasteiger partial charge in [-0.25, -0.2) is 0 Å². The number of nitrogens with one attached hydrogen (secondary N) is 1. The highest BCUT2D eigenvalue weighted by molar-refractivity contribution is 5.07. The van der Waals surface area contributed by atoms with Crippen molar-refractivity contribution in [1.29, 1.82) is 0 Å². The average molecular weight is 210 g/mol. The molecular weight excluding hydrogens is 193 g/mol. The predicted octanol–water partition coefficient (Wildman–Crippen LogP) is 1.80. The van der Waals surface area contributed by atoms with Crippen LogP contribution in [0.5, 0.6) is 0 Å². The van der Waals surface area contributed by atoms with Gasteiger partial charge in [-0.2, -0.15) is 13.2 Å². The largest absolute Gasteiger partial charge is 0.406 e. The van der Waals surface area contributed by atoms with Gasteiger partial charge in [0, 0.05) is 5.54 Å². The van der Waals surface area contributed by atoms with Gasteiger partial charge in [0.05, 0.1) is 0 Å². The minimum atomic E-state index is -4.12. The molecule has 14 heavy (non-hydrogen) atoms. The molecule has 0 heterocycles. The molecule has 1 aliphatic carbocycles. The molecule has 1 aliphatic rings. The van der Waals surface area contributed by atoms with Crippen LogP contribution in [0.1, 0.15) is 33.1 Å². The summed E-state index contributed by atoms with van der Waals surface area (Å²) in [6.45, 7) is 3.94. The molecular formula is C9H17F3N2. The Labute approximate surface area is 82.0 Å². The van der Waals surface area contributed by atoms with Crippen LogP contribution in [0.3, 0.4) is 0 Å². The molecule has 0 aliphatic heterocycles. The van der Waals surface area contributed by atoms with Crippen LogP contribution in [0.2, 0.25) is 0 Å². The first-order chi connectivity index (χ1) is 6.16. The monoisotopic (exact) mass is 210 g/mol. The van der Waals surface area contributed by atoms with E-state index in [0.717, 1.165) is 0 Å². The van der Waals surface area contributed by atoms with Gasteiger partial charge in [-0.1, -0.05) is 0 Å². The van der Waals surface area contributed by atoms with E-state index in [9.17, 15) is 13.2 Å². The zero-order chi connectivity index (χ0) is 11.0. The van der Waals surface area contributed by atoms with Crippen molar-refractivity contribution in [3.05, 3.63) is 0 Å². The summed E-state index contributed by atoms with van der Waals surface area (Å²) in [5, 5.41) is 2.56. The Morgan fingerprint density at radius 2 is 1.79 bits per heavy atom. The summed E-state index contributed by atoms with van der Waals surface area (Å²) in [5.41, 5.74) is 3.67. The smallest absolute Gasteiger partial charge is 0.326 e. The number of nitrogens with two attached hydrogens (primary N) is 1. The lowest BCUT2D eigenvalue weighted by Gasteiger charge is -2.24. The van der Waals surface area contributed by atoms with Crippen LogP contribution in [0, 0.1) is 0 Å². The van der Waals surface area contributed by atoms with Gasteiger partial charge in [-0.05, 0) is 39.7 Å². The van der Waals surface area contributed by atoms with Gasteiger partial charge in [0.2, 0.25) is 0 Å². The lowest BCUT2D eigenvalue weighted by atomic mass is 10.0. The van der Waals surface area contributed by atoms with E-state index >= 15 is 0 Å². The molecule has 3 N–H and O–H groups in total. The van der Waals surface area contributed by atoms with Gasteiger partial charge in [-0.15, -0.1) is 0 Å². The first-order valence-corrected chi connectivity index (χ1v) is 4.77. The van der Waals surface area contributed by atoms with Crippen LogP contribution in [-0.4, -0.2) is 23.8 Å². The molecule has 0 amide bonds. The molecule has 1 saturated carbocycles. The molecule has 5 heteroatoms. The topological polar surface area (TPSA) is 38.0 Å². The van der Waals surface area contributed by atoms with Crippen molar-refractivity contribution < 1.29 is 13.2 Å². The molecule has 0 radical (unpaired) electrons. The molecule has 0 saturated heterocycles. The van der Waals surface area contributed by atoms with Crippen molar-refractivity contribution in [2.45, 2.75) is 50.4 Å². The Kier molecular flexibility index (Phi) is 2.84. The van der Waals surface area contributed by atoms with E-state index in [-0.39, 0.29) is 12.8 Å². The highest BCUT2D eigenvalue weighted by Crippen LogP contribution is 2.48. The lowest BCUT2D eigenvalue weighted by molar-refractivity contribution is -0.165. The van der Waals surface area contributed by atoms with Crippen molar-refractivity contribution in [2.24, 2.45) is 5.73 Å². The molecule has 0 bridgehead atoms. The van der Waals surface area contributed by atoms with Crippen molar-refractivity contribution in [1.82, 2.24) is 5.32 Å². The second-order valence-electron chi connectivity index (χ2n) is 4.75. The number of hydrogen-bond donors (Lipinski definition) is 2. The summed E-state index contributed by atoms with van der Waals surface area (Å²) >= 11 is 0. The first-order valence-electron chi connectivity index (χ1n) is 4.77. The normalized spacial score (nSPS) is 21.0. The van der Waals surface area contributed by atoms with E-state index in [0.29, 0.717) is 13.0 Å². The molecule has 0 aromatic heterocycles. The minimum Gasteiger partial charge on any atom is -0.326 e. The molecule has 1 rings (SSSR count). The van der Waals surface area contributed by atoms with E-state index < -0.39 is 17.3 Å². The highest BCUT2D eigenvalue weighted by atomic mass is 19.4. The fourth-order valence-corrected chi connectivity index (χ4v) is 1.31. The SMILES string of the molecule is CC(C)(N)CCNC1(C(F)(F)F)CC1. The maximum absolute atomic E-state index is 12.4. The summed E-state index contributed by atoms with van der Waals surface area (Å²) < 4.78 is 37.3. The summed E-state index contributed by atoms with van der Waals surface area (Å²) in [4.78, 5) is 0. The third-order valence-corrected chi connectivity index (χ3v) is 2.53. The minimum absolute atomic E-state index is 0.196. The van der Waals surface area contributed by atoms with Crippen LogP contribution in [-0.2, 0) is 0 Å². The van der Waals surface area contributed by atoms with Crippen LogP contribution in [0.4, 0.5) is 13.2 Å². The summed E-state index contributed by atoms with van der Waals surface area (Å²) in [7, 11) is 0. The second-order valence-corrected chi connectivity index (χ2v) is 4.75. The first kappa shape index (κ1) is 11.8. The van der Waals surface area contributed by atoms with Crippen LogP contribution in [0.15, 0.2) is 0 Å². The zero-order valence-corrected chi connectivity index (χ0v) is 8.54. The quantitative estimate of drug-likeness (QED) is 0.742. The number of hydrogen-bond acceptors (Lipinski definition) is 2. The Balaban J connectivity index is 2.32. The van der Waals surface area contributed by atoms with E-state index in [4.69, 9.17) is 5.73 Å². The number of halogens is 3. The van der Waals surface area contributed by atoms with Crippen LogP contribution < -0.4 is 11.1 Å². The van der Waals surface area contributed by atoms with E-state index in [2.05, 4.69) is 5.32 Å². The third kappa shape index (κ3) is 2.85. The van der Waals surface area contributed by atoms with E-state index in [1.807, 2.05) is 13.8 Å². The molecule has 2 nitrogen and oxygen atoms in total. The summed E-state index contributed by atoms with van der Waals surface area (Å²) in [5.74, 6) is 0. The Morgan fingerprint density at radius 1 is 1.29 bits per heavy atom. The van der Waals surface area contributed by atoms with Crippen molar-refractivity contribution >= 4 is 0 Å². The Bertz CT molecular complexity index is 201. The fourth-order valence-electron chi connectivity index (χ4n) is 1.31. The lowest BCUT2D eigenvalue weighted by Crippen LogP contribution is -2.47. The van der Waals surface area contributed by atoms with Gasteiger partial charge in [0.25, 0.3) is 0 Å². The van der Waals surface area contributed by atoms with Gasteiger partial charge in [0.1, 0.15) is 5.54 Å². The predicted molar refractivity (Wildman–Crippen MR) is 48.9 cm³/mol. The van der Waals surface area contributed by atoms with Crippen molar-refractivity contribution in [3.63, 3.8) is 0 Å². The molecule has 0 atom stereocenters. The van der Waals surface area contributed by atoms with Crippen LogP contribution in [0.25, 0.3) is 0 Å². The Morgan fingerprint density at radius 3 is 2.07 bits per heavy atom. The Hall–Kier alpha value is -0.290. The van der Waals surface area contributed by atoms with Crippen molar-refractivity contribution in [2.75, 3.05) is 6.54 Å². The highest BCUT2D eigenvalue weighted by Gasteiger charge is 2.62. The zero-order valence-electron chi connectivity index (χ0n) is 8.54. The van der Waals surface area contributed by atoms with Gasteiger partial charge in [0.15, 0.2) is 0 Å². The fraction of sp³-hybridized carbons (Fsp3) is 1.00. The summed E-state index contributed by atoms with van der Waals surface area (Å²) in [6.07, 6.45) is -3.18. The standard InChI is InChI=1S/C9H17F3N2/c1-7(2,13)5-6-14-8(3-4-8)9(10,11)12/h14H,3-6,13H2,1-2H3. The maximum Gasteiger partial charge on any atom is 0.406 e. The molecule has 84 valence electrons. The molecule has 0 unspecified atom stereocenters. The summed E-state index contributed by atoms with van der Waals surface area (Å²) in [6, 6.07) is 0. The maximum atomic E-state index is 12.4. The van der Waals surface area contributed by atoms with Crippen molar-refractivity contribution in [3.8, 4) is 0 Å². The number of rotatable bonds is 4. The van der Waals surface area contributed by atoms with E-state index in [1.54, 1.807) is 0 Å². The van der Waals surface area contributed by atoms with Gasteiger partial charge >= 0.3 is 6.18 Å². The molecule has 1 fully saturated rings. The molecule has 0 aromatic rings. The number of alkyl halides is 3. The third-order valence-electron chi connectivity index (χ3n) is 2.53. The van der Waals surface area contributed by atoms with E-state index in [1.165, 1.54) is 0 Å². The van der Waals surface area contributed by atoms with Gasteiger partial charge < -0.3 is 11.1 Å². The van der Waals surface area contributed by atoms with Gasteiger partial charge in [-0.3, -0.25) is 0 Å².